The van der Waals surface area contributed by atoms with Crippen LogP contribution in [0.5, 0.6) is 0 Å². The minimum atomic E-state index is -3.63. The minimum absolute atomic E-state index is 0.133. The summed E-state index contributed by atoms with van der Waals surface area (Å²) < 4.78 is 27.7. The third-order valence-corrected chi connectivity index (χ3v) is 5.39. The third-order valence-electron chi connectivity index (χ3n) is 2.21. The number of hydrogen-bond acceptors (Lipinski definition) is 4. The molecular formula is C11H10INO3S2. The van der Waals surface area contributed by atoms with Crippen LogP contribution in [-0.2, 0) is 16.6 Å². The molecule has 0 spiro atoms. The van der Waals surface area contributed by atoms with Crippen LogP contribution in [0.1, 0.15) is 4.88 Å². The van der Waals surface area contributed by atoms with Gasteiger partial charge < -0.3 is 5.11 Å². The monoisotopic (exact) mass is 395 g/mol. The molecule has 1 aromatic heterocycles. The molecule has 0 radical (unpaired) electrons. The first kappa shape index (κ1) is 13.8. The van der Waals surface area contributed by atoms with Crippen LogP contribution in [0.15, 0.2) is 40.6 Å². The molecule has 7 heteroatoms. The molecule has 2 aromatic rings. The number of rotatable bonds is 4. The highest BCUT2D eigenvalue weighted by molar-refractivity contribution is 14.1. The average Bonchev–Trinajstić information content (AvgIpc) is 2.77. The Morgan fingerprint density at radius 2 is 2.11 bits per heavy atom. The predicted octanol–water partition coefficient (Wildman–Crippen LogP) is 2.65. The summed E-state index contributed by atoms with van der Waals surface area (Å²) in [6.45, 7) is -0.278. The second-order valence-electron chi connectivity index (χ2n) is 3.48. The van der Waals surface area contributed by atoms with Gasteiger partial charge in [-0.05, 0) is 52.2 Å². The van der Waals surface area contributed by atoms with Gasteiger partial charge in [0.25, 0.3) is 10.0 Å². The van der Waals surface area contributed by atoms with Crippen molar-refractivity contribution in [1.29, 1.82) is 0 Å². The lowest BCUT2D eigenvalue weighted by Gasteiger charge is -2.08. The van der Waals surface area contributed by atoms with Crippen molar-refractivity contribution in [3.8, 4) is 0 Å². The van der Waals surface area contributed by atoms with E-state index in [0.29, 0.717) is 10.6 Å². The molecule has 0 aliphatic carbocycles. The predicted molar refractivity (Wildman–Crippen MR) is 80.2 cm³/mol. The Labute approximate surface area is 123 Å². The zero-order chi connectivity index (χ0) is 13.2. The summed E-state index contributed by atoms with van der Waals surface area (Å²) in [6.07, 6.45) is 0. The molecule has 0 unspecified atom stereocenters. The summed E-state index contributed by atoms with van der Waals surface area (Å²) in [7, 11) is -3.63. The maximum absolute atomic E-state index is 12.1. The molecule has 0 aliphatic heterocycles. The van der Waals surface area contributed by atoms with Gasteiger partial charge in [-0.2, -0.15) is 0 Å². The Hall–Kier alpha value is -0.640. The molecule has 2 N–H and O–H groups in total. The van der Waals surface area contributed by atoms with Crippen molar-refractivity contribution in [2.75, 3.05) is 4.72 Å². The maximum Gasteiger partial charge on any atom is 0.263 e. The van der Waals surface area contributed by atoms with Crippen LogP contribution >= 0.6 is 33.9 Å². The highest BCUT2D eigenvalue weighted by Crippen LogP contribution is 2.24. The standard InChI is InChI=1S/C11H10INO3S2/c12-8-2-1-3-9(6-8)13-18(15,16)11-4-5-17-10(11)7-14/h1-6,13-14H,7H2. The second kappa shape index (κ2) is 5.55. The van der Waals surface area contributed by atoms with Crippen molar-refractivity contribution in [1.82, 2.24) is 0 Å². The summed E-state index contributed by atoms with van der Waals surface area (Å²) in [5.74, 6) is 0. The van der Waals surface area contributed by atoms with Crippen molar-refractivity contribution in [2.24, 2.45) is 0 Å². The molecule has 0 aliphatic rings. The van der Waals surface area contributed by atoms with E-state index >= 15 is 0 Å². The van der Waals surface area contributed by atoms with E-state index < -0.39 is 10.0 Å². The number of thiophene rings is 1. The summed E-state index contributed by atoms with van der Waals surface area (Å²) in [6, 6.07) is 8.57. The average molecular weight is 395 g/mol. The van der Waals surface area contributed by atoms with Gasteiger partial charge in [-0.15, -0.1) is 11.3 Å². The van der Waals surface area contributed by atoms with Crippen LogP contribution in [0, 0.1) is 3.57 Å². The first-order valence-corrected chi connectivity index (χ1v) is 8.43. The van der Waals surface area contributed by atoms with Gasteiger partial charge in [0.1, 0.15) is 4.90 Å². The second-order valence-corrected chi connectivity index (χ2v) is 7.38. The van der Waals surface area contributed by atoms with Crippen LogP contribution in [0.25, 0.3) is 0 Å². The van der Waals surface area contributed by atoms with Gasteiger partial charge in [0.15, 0.2) is 0 Å². The zero-order valence-corrected chi connectivity index (χ0v) is 12.9. The smallest absolute Gasteiger partial charge is 0.263 e. The molecule has 1 aromatic carbocycles. The van der Waals surface area contributed by atoms with Gasteiger partial charge in [-0.25, -0.2) is 8.42 Å². The van der Waals surface area contributed by atoms with Gasteiger partial charge in [0.2, 0.25) is 0 Å². The van der Waals surface area contributed by atoms with Gasteiger partial charge in [-0.3, -0.25) is 4.72 Å². The minimum Gasteiger partial charge on any atom is -0.391 e. The number of aliphatic hydroxyl groups is 1. The molecule has 1 heterocycles. The molecule has 4 nitrogen and oxygen atoms in total. The van der Waals surface area contributed by atoms with Crippen molar-refractivity contribution in [3.05, 3.63) is 44.2 Å². The fourth-order valence-corrected chi connectivity index (χ4v) is 4.33. The lowest BCUT2D eigenvalue weighted by atomic mass is 10.3. The third kappa shape index (κ3) is 3.02. The summed E-state index contributed by atoms with van der Waals surface area (Å²) in [4.78, 5) is 0.571. The SMILES string of the molecule is O=S(=O)(Nc1cccc(I)c1)c1ccsc1CO. The number of sulfonamides is 1. The summed E-state index contributed by atoms with van der Waals surface area (Å²) in [5.41, 5.74) is 0.511. The van der Waals surface area contributed by atoms with E-state index in [-0.39, 0.29) is 11.5 Å². The first-order chi connectivity index (χ1) is 8.53. The molecule has 0 fully saturated rings. The van der Waals surface area contributed by atoms with E-state index in [2.05, 4.69) is 27.3 Å². The van der Waals surface area contributed by atoms with Crippen LogP contribution < -0.4 is 4.72 Å². The van der Waals surface area contributed by atoms with Crippen molar-refractivity contribution in [2.45, 2.75) is 11.5 Å². The molecule has 2 rings (SSSR count). The number of anilines is 1. The number of halogens is 1. The first-order valence-electron chi connectivity index (χ1n) is 4.98. The largest absolute Gasteiger partial charge is 0.391 e. The Morgan fingerprint density at radius 1 is 1.33 bits per heavy atom. The molecule has 0 bridgehead atoms. The number of aliphatic hydroxyl groups excluding tert-OH is 1. The van der Waals surface area contributed by atoms with Crippen molar-refractivity contribution < 1.29 is 13.5 Å². The van der Waals surface area contributed by atoms with E-state index in [9.17, 15) is 8.42 Å². The molecular weight excluding hydrogens is 385 g/mol. The lowest BCUT2D eigenvalue weighted by molar-refractivity contribution is 0.282. The Bertz CT molecular complexity index is 652. The number of benzene rings is 1. The highest BCUT2D eigenvalue weighted by Gasteiger charge is 2.19. The fourth-order valence-electron chi connectivity index (χ4n) is 1.45. The zero-order valence-electron chi connectivity index (χ0n) is 9.13. The van der Waals surface area contributed by atoms with E-state index in [4.69, 9.17) is 5.11 Å². The summed E-state index contributed by atoms with van der Waals surface area (Å²) in [5, 5.41) is 10.7. The Kier molecular flexibility index (Phi) is 4.25. The highest BCUT2D eigenvalue weighted by atomic mass is 127. The normalized spacial score (nSPS) is 11.4. The van der Waals surface area contributed by atoms with Crippen LogP contribution in [0.4, 0.5) is 5.69 Å². The molecule has 0 saturated carbocycles. The topological polar surface area (TPSA) is 66.4 Å². The van der Waals surface area contributed by atoms with Gasteiger partial charge in [-0.1, -0.05) is 6.07 Å². The van der Waals surface area contributed by atoms with Crippen LogP contribution in [0.2, 0.25) is 0 Å². The molecule has 0 atom stereocenters. The van der Waals surface area contributed by atoms with Crippen molar-refractivity contribution >= 4 is 49.6 Å². The van der Waals surface area contributed by atoms with Gasteiger partial charge in [0.05, 0.1) is 11.5 Å². The number of hydrogen-bond donors (Lipinski definition) is 2. The van der Waals surface area contributed by atoms with E-state index in [0.717, 1.165) is 3.57 Å². The maximum atomic E-state index is 12.1. The number of nitrogens with one attached hydrogen (secondary N) is 1. The van der Waals surface area contributed by atoms with E-state index in [1.165, 1.54) is 17.4 Å². The van der Waals surface area contributed by atoms with Gasteiger partial charge in [0, 0.05) is 9.26 Å². The lowest BCUT2D eigenvalue weighted by Crippen LogP contribution is -2.13. The summed E-state index contributed by atoms with van der Waals surface area (Å²) >= 11 is 3.33. The molecule has 18 heavy (non-hydrogen) atoms. The van der Waals surface area contributed by atoms with Gasteiger partial charge >= 0.3 is 0 Å². The molecule has 96 valence electrons. The fraction of sp³-hybridized carbons (Fsp3) is 0.0909. The van der Waals surface area contributed by atoms with E-state index in [1.54, 1.807) is 23.6 Å². The van der Waals surface area contributed by atoms with Crippen LogP contribution in [0.3, 0.4) is 0 Å². The van der Waals surface area contributed by atoms with Crippen molar-refractivity contribution in [3.63, 3.8) is 0 Å². The molecule has 0 amide bonds. The Morgan fingerprint density at radius 3 is 2.78 bits per heavy atom. The quantitative estimate of drug-likeness (QED) is 0.783. The van der Waals surface area contributed by atoms with E-state index in [1.807, 2.05) is 6.07 Å². The Balaban J connectivity index is 2.33. The van der Waals surface area contributed by atoms with Crippen LogP contribution in [-0.4, -0.2) is 13.5 Å². The molecule has 0 saturated heterocycles.